The Balaban J connectivity index is 1.54. The van der Waals surface area contributed by atoms with E-state index in [1.807, 2.05) is 0 Å². The first-order valence-electron chi connectivity index (χ1n) is 7.70. The summed E-state index contributed by atoms with van der Waals surface area (Å²) in [6, 6.07) is 8.48. The van der Waals surface area contributed by atoms with Crippen LogP contribution >= 0.6 is 0 Å². The molecule has 1 saturated carbocycles. The van der Waals surface area contributed by atoms with Gasteiger partial charge in [0, 0.05) is 49.2 Å². The minimum absolute atomic E-state index is 0.220. The largest absolute Gasteiger partial charge is 0.355 e. The predicted octanol–water partition coefficient (Wildman–Crippen LogP) is 2.10. The van der Waals surface area contributed by atoms with Crippen molar-refractivity contribution in [2.45, 2.75) is 26.3 Å². The zero-order valence-electron chi connectivity index (χ0n) is 12.8. The van der Waals surface area contributed by atoms with E-state index in [9.17, 15) is 4.79 Å². The minimum Gasteiger partial charge on any atom is -0.355 e. The summed E-state index contributed by atoms with van der Waals surface area (Å²) in [4.78, 5) is 11.5. The maximum atomic E-state index is 11.5. The molecule has 1 aliphatic rings. The number of rotatable bonds is 6. The highest BCUT2D eigenvalue weighted by atomic mass is 16.2. The van der Waals surface area contributed by atoms with Crippen LogP contribution < -0.4 is 10.6 Å². The predicted molar refractivity (Wildman–Crippen MR) is 85.1 cm³/mol. The molecule has 3 rings (SSSR count). The lowest BCUT2D eigenvalue weighted by atomic mass is 10.1. The molecule has 0 saturated heterocycles. The monoisotopic (exact) mass is 285 g/mol. The minimum atomic E-state index is 0.220. The number of hydrogen-bond donors (Lipinski definition) is 2. The van der Waals surface area contributed by atoms with Gasteiger partial charge in [-0.1, -0.05) is 18.2 Å². The lowest BCUT2D eigenvalue weighted by Gasteiger charge is -2.09. The third-order valence-electron chi connectivity index (χ3n) is 4.35. The summed E-state index contributed by atoms with van der Waals surface area (Å²) in [7, 11) is 2.11. The fourth-order valence-corrected chi connectivity index (χ4v) is 2.86. The van der Waals surface area contributed by atoms with Crippen molar-refractivity contribution in [3.63, 3.8) is 0 Å². The smallest absolute Gasteiger partial charge is 0.223 e. The van der Waals surface area contributed by atoms with E-state index in [1.165, 1.54) is 22.2 Å². The van der Waals surface area contributed by atoms with Gasteiger partial charge in [-0.05, 0) is 31.4 Å². The Labute approximate surface area is 125 Å². The molecular weight excluding hydrogens is 262 g/mol. The molecule has 2 N–H and O–H groups in total. The van der Waals surface area contributed by atoms with Crippen LogP contribution in [0.3, 0.4) is 0 Å². The SMILES string of the molecule is Cc1c(CNCCNC(=O)C2CC2)n(C)c2ccccc12. The van der Waals surface area contributed by atoms with Gasteiger partial charge in [0.2, 0.25) is 5.91 Å². The van der Waals surface area contributed by atoms with Crippen LogP contribution in [0.1, 0.15) is 24.1 Å². The van der Waals surface area contributed by atoms with Crippen LogP contribution in [0, 0.1) is 12.8 Å². The third kappa shape index (κ3) is 2.95. The van der Waals surface area contributed by atoms with Crippen LogP contribution in [0.2, 0.25) is 0 Å². The Morgan fingerprint density at radius 2 is 2.05 bits per heavy atom. The van der Waals surface area contributed by atoms with Gasteiger partial charge in [0.05, 0.1) is 0 Å². The molecule has 0 aliphatic heterocycles. The van der Waals surface area contributed by atoms with Gasteiger partial charge < -0.3 is 15.2 Å². The quantitative estimate of drug-likeness (QED) is 0.799. The summed E-state index contributed by atoms with van der Waals surface area (Å²) in [6.45, 7) is 4.52. The summed E-state index contributed by atoms with van der Waals surface area (Å²) < 4.78 is 2.25. The highest BCUT2D eigenvalue weighted by molar-refractivity contribution is 5.85. The Morgan fingerprint density at radius 3 is 2.76 bits per heavy atom. The zero-order valence-corrected chi connectivity index (χ0v) is 12.8. The molecule has 0 bridgehead atoms. The van der Waals surface area contributed by atoms with Gasteiger partial charge in [-0.3, -0.25) is 4.79 Å². The van der Waals surface area contributed by atoms with Crippen molar-refractivity contribution in [1.29, 1.82) is 0 Å². The van der Waals surface area contributed by atoms with E-state index in [2.05, 4.69) is 53.4 Å². The molecule has 4 nitrogen and oxygen atoms in total. The van der Waals surface area contributed by atoms with E-state index >= 15 is 0 Å². The van der Waals surface area contributed by atoms with Crippen LogP contribution in [0.4, 0.5) is 0 Å². The molecule has 1 fully saturated rings. The van der Waals surface area contributed by atoms with Crippen molar-refractivity contribution in [2.24, 2.45) is 13.0 Å². The molecule has 1 aromatic carbocycles. The van der Waals surface area contributed by atoms with E-state index < -0.39 is 0 Å². The Morgan fingerprint density at radius 1 is 1.29 bits per heavy atom. The standard InChI is InChI=1S/C17H23N3O/c1-12-14-5-3-4-6-15(14)20(2)16(12)11-18-9-10-19-17(21)13-7-8-13/h3-6,13,18H,7-11H2,1-2H3,(H,19,21). The number of aryl methyl sites for hydroxylation is 2. The summed E-state index contributed by atoms with van der Waals surface area (Å²) in [5.41, 5.74) is 3.92. The van der Waals surface area contributed by atoms with Crippen molar-refractivity contribution in [2.75, 3.05) is 13.1 Å². The topological polar surface area (TPSA) is 46.1 Å². The maximum Gasteiger partial charge on any atom is 0.223 e. The number of fused-ring (bicyclic) bond motifs is 1. The highest BCUT2D eigenvalue weighted by Gasteiger charge is 2.28. The van der Waals surface area contributed by atoms with E-state index in [4.69, 9.17) is 0 Å². The number of nitrogens with one attached hydrogen (secondary N) is 2. The molecule has 0 spiro atoms. The van der Waals surface area contributed by atoms with E-state index in [0.717, 1.165) is 25.9 Å². The van der Waals surface area contributed by atoms with Crippen molar-refractivity contribution < 1.29 is 4.79 Å². The van der Waals surface area contributed by atoms with E-state index in [0.29, 0.717) is 12.5 Å². The second-order valence-electron chi connectivity index (χ2n) is 5.89. The average molecular weight is 285 g/mol. The summed E-state index contributed by atoms with van der Waals surface area (Å²) >= 11 is 0. The van der Waals surface area contributed by atoms with Gasteiger partial charge in [-0.25, -0.2) is 0 Å². The first-order valence-corrected chi connectivity index (χ1v) is 7.70. The molecule has 1 aliphatic carbocycles. The van der Waals surface area contributed by atoms with E-state index in [-0.39, 0.29) is 5.91 Å². The zero-order chi connectivity index (χ0) is 14.8. The van der Waals surface area contributed by atoms with Crippen molar-refractivity contribution in [3.05, 3.63) is 35.5 Å². The second-order valence-corrected chi connectivity index (χ2v) is 5.89. The number of nitrogens with zero attached hydrogens (tertiary/aromatic N) is 1. The normalized spacial score (nSPS) is 14.6. The fraction of sp³-hybridized carbons (Fsp3) is 0.471. The molecular formula is C17H23N3O. The maximum absolute atomic E-state index is 11.5. The molecule has 2 aromatic rings. The van der Waals surface area contributed by atoms with Gasteiger partial charge in [0.15, 0.2) is 0 Å². The van der Waals surface area contributed by atoms with Gasteiger partial charge >= 0.3 is 0 Å². The molecule has 0 radical (unpaired) electrons. The van der Waals surface area contributed by atoms with Gasteiger partial charge in [-0.15, -0.1) is 0 Å². The molecule has 1 amide bonds. The van der Waals surface area contributed by atoms with Gasteiger partial charge in [-0.2, -0.15) is 0 Å². The highest BCUT2D eigenvalue weighted by Crippen LogP contribution is 2.28. The van der Waals surface area contributed by atoms with Crippen molar-refractivity contribution >= 4 is 16.8 Å². The van der Waals surface area contributed by atoms with Gasteiger partial charge in [0.25, 0.3) is 0 Å². The van der Waals surface area contributed by atoms with Gasteiger partial charge in [0.1, 0.15) is 0 Å². The van der Waals surface area contributed by atoms with Crippen LogP contribution in [0.5, 0.6) is 0 Å². The fourth-order valence-electron chi connectivity index (χ4n) is 2.86. The van der Waals surface area contributed by atoms with Crippen molar-refractivity contribution in [1.82, 2.24) is 15.2 Å². The number of aromatic nitrogens is 1. The summed E-state index contributed by atoms with van der Waals surface area (Å²) in [6.07, 6.45) is 2.13. The first-order chi connectivity index (χ1) is 10.2. The molecule has 1 aromatic heterocycles. The second kappa shape index (κ2) is 5.90. The molecule has 0 atom stereocenters. The number of benzene rings is 1. The molecule has 0 unspecified atom stereocenters. The van der Waals surface area contributed by atoms with E-state index in [1.54, 1.807) is 0 Å². The van der Waals surface area contributed by atoms with Crippen LogP contribution in [0.25, 0.3) is 10.9 Å². The lowest BCUT2D eigenvalue weighted by molar-refractivity contribution is -0.122. The molecule has 112 valence electrons. The molecule has 21 heavy (non-hydrogen) atoms. The number of carbonyl (C=O) groups is 1. The number of amides is 1. The third-order valence-corrected chi connectivity index (χ3v) is 4.35. The van der Waals surface area contributed by atoms with Crippen LogP contribution in [-0.2, 0) is 18.4 Å². The van der Waals surface area contributed by atoms with Crippen LogP contribution in [-0.4, -0.2) is 23.6 Å². The molecule has 4 heteroatoms. The number of hydrogen-bond acceptors (Lipinski definition) is 2. The summed E-state index contributed by atoms with van der Waals surface area (Å²) in [5, 5.41) is 7.72. The average Bonchev–Trinajstić information content (AvgIpc) is 3.31. The lowest BCUT2D eigenvalue weighted by Crippen LogP contribution is -2.32. The number of para-hydroxylation sites is 1. The molecule has 1 heterocycles. The Hall–Kier alpha value is -1.81. The first kappa shape index (κ1) is 14.1. The summed E-state index contributed by atoms with van der Waals surface area (Å²) in [5.74, 6) is 0.517. The Kier molecular flexibility index (Phi) is 3.97. The van der Waals surface area contributed by atoms with Crippen LogP contribution in [0.15, 0.2) is 24.3 Å². The Bertz CT molecular complexity index is 616. The number of carbonyl (C=O) groups excluding carboxylic acids is 1. The van der Waals surface area contributed by atoms with Crippen molar-refractivity contribution in [3.8, 4) is 0 Å².